The summed E-state index contributed by atoms with van der Waals surface area (Å²) in [4.78, 5) is 2.65. The second-order valence-electron chi connectivity index (χ2n) is 6.79. The van der Waals surface area contributed by atoms with Crippen LogP contribution in [0.5, 0.6) is 0 Å². The van der Waals surface area contributed by atoms with Gasteiger partial charge in [0.2, 0.25) is 0 Å². The van der Waals surface area contributed by atoms with E-state index < -0.39 is 0 Å². The van der Waals surface area contributed by atoms with Crippen LogP contribution in [0, 0.1) is 5.92 Å². The van der Waals surface area contributed by atoms with E-state index in [0.29, 0.717) is 0 Å². The van der Waals surface area contributed by atoms with E-state index in [1.807, 2.05) is 0 Å². The summed E-state index contributed by atoms with van der Waals surface area (Å²) >= 11 is 0. The van der Waals surface area contributed by atoms with Crippen LogP contribution in [-0.2, 0) is 5.54 Å². The SMILES string of the molecule is CC(C)CCCN1CCCNC(C)(c2ccccc2)C1. The molecule has 0 spiro atoms. The van der Waals surface area contributed by atoms with Crippen molar-refractivity contribution in [3.63, 3.8) is 0 Å². The first-order valence-electron chi connectivity index (χ1n) is 8.13. The third-order valence-corrected chi connectivity index (χ3v) is 4.37. The smallest absolute Gasteiger partial charge is 0.0534 e. The molecule has 0 bridgehead atoms. The molecule has 112 valence electrons. The quantitative estimate of drug-likeness (QED) is 0.882. The molecule has 2 heteroatoms. The number of hydrogen-bond donors (Lipinski definition) is 1. The topological polar surface area (TPSA) is 15.3 Å². The van der Waals surface area contributed by atoms with E-state index in [9.17, 15) is 0 Å². The van der Waals surface area contributed by atoms with Gasteiger partial charge in [0, 0.05) is 6.54 Å². The van der Waals surface area contributed by atoms with Gasteiger partial charge >= 0.3 is 0 Å². The second-order valence-corrected chi connectivity index (χ2v) is 6.79. The minimum atomic E-state index is 0.0928. The minimum absolute atomic E-state index is 0.0928. The van der Waals surface area contributed by atoms with E-state index in [1.165, 1.54) is 37.9 Å². The Hall–Kier alpha value is -0.860. The first-order chi connectivity index (χ1) is 9.60. The standard InChI is InChI=1S/C18H30N2/c1-16(2)9-7-13-20-14-8-12-19-18(3,15-20)17-10-5-4-6-11-17/h4-6,10-11,16,19H,7-9,12-15H2,1-3H3. The zero-order valence-corrected chi connectivity index (χ0v) is 13.4. The number of rotatable bonds is 5. The summed E-state index contributed by atoms with van der Waals surface area (Å²) in [7, 11) is 0. The molecule has 0 radical (unpaired) electrons. The van der Waals surface area contributed by atoms with Gasteiger partial charge < -0.3 is 10.2 Å². The number of nitrogens with zero attached hydrogens (tertiary/aromatic N) is 1. The van der Waals surface area contributed by atoms with Gasteiger partial charge in [-0.05, 0) is 57.3 Å². The highest BCUT2D eigenvalue weighted by Crippen LogP contribution is 2.24. The normalized spacial score (nSPS) is 24.8. The lowest BCUT2D eigenvalue weighted by Gasteiger charge is -2.34. The molecule has 1 N–H and O–H groups in total. The monoisotopic (exact) mass is 274 g/mol. The van der Waals surface area contributed by atoms with Crippen LogP contribution >= 0.6 is 0 Å². The molecule has 1 saturated heterocycles. The van der Waals surface area contributed by atoms with Gasteiger partial charge in [0.05, 0.1) is 5.54 Å². The highest BCUT2D eigenvalue weighted by atomic mass is 15.2. The van der Waals surface area contributed by atoms with Crippen molar-refractivity contribution < 1.29 is 0 Å². The Morgan fingerprint density at radius 2 is 2.00 bits per heavy atom. The molecule has 0 saturated carbocycles. The molecule has 1 aliphatic rings. The predicted octanol–water partition coefficient (Wildman–Crippen LogP) is 3.63. The van der Waals surface area contributed by atoms with Crippen molar-refractivity contribution in [3.8, 4) is 0 Å². The van der Waals surface area contributed by atoms with Crippen LogP contribution in [0.25, 0.3) is 0 Å². The van der Waals surface area contributed by atoms with Crippen LogP contribution < -0.4 is 5.32 Å². The van der Waals surface area contributed by atoms with Crippen LogP contribution in [0.1, 0.15) is 45.6 Å². The summed E-state index contributed by atoms with van der Waals surface area (Å²) in [5.74, 6) is 0.820. The Morgan fingerprint density at radius 3 is 2.70 bits per heavy atom. The summed E-state index contributed by atoms with van der Waals surface area (Å²) in [6, 6.07) is 10.9. The van der Waals surface area contributed by atoms with Crippen LogP contribution in [0.4, 0.5) is 0 Å². The number of nitrogens with one attached hydrogen (secondary N) is 1. The molecule has 1 heterocycles. The van der Waals surface area contributed by atoms with Crippen molar-refractivity contribution in [1.29, 1.82) is 0 Å². The first kappa shape index (κ1) is 15.5. The zero-order valence-electron chi connectivity index (χ0n) is 13.4. The van der Waals surface area contributed by atoms with Crippen LogP contribution in [-0.4, -0.2) is 31.1 Å². The summed E-state index contributed by atoms with van der Waals surface area (Å²) < 4.78 is 0. The fraction of sp³-hybridized carbons (Fsp3) is 0.667. The van der Waals surface area contributed by atoms with Crippen molar-refractivity contribution in [1.82, 2.24) is 10.2 Å². The maximum Gasteiger partial charge on any atom is 0.0534 e. The molecule has 0 amide bonds. The number of hydrogen-bond acceptors (Lipinski definition) is 2. The Labute approximate surface area is 124 Å². The van der Waals surface area contributed by atoms with Crippen molar-refractivity contribution in [2.75, 3.05) is 26.2 Å². The molecule has 1 aromatic carbocycles. The number of benzene rings is 1. The Bertz CT molecular complexity index is 388. The van der Waals surface area contributed by atoms with Gasteiger partial charge in [-0.25, -0.2) is 0 Å². The molecular formula is C18H30N2. The van der Waals surface area contributed by atoms with Gasteiger partial charge in [0.25, 0.3) is 0 Å². The maximum atomic E-state index is 3.76. The van der Waals surface area contributed by atoms with E-state index in [1.54, 1.807) is 0 Å². The molecule has 1 atom stereocenters. The van der Waals surface area contributed by atoms with E-state index in [0.717, 1.165) is 19.0 Å². The van der Waals surface area contributed by atoms with E-state index >= 15 is 0 Å². The lowest BCUT2D eigenvalue weighted by molar-refractivity contribution is 0.214. The molecular weight excluding hydrogens is 244 g/mol. The summed E-state index contributed by atoms with van der Waals surface area (Å²) in [6.45, 7) is 11.7. The molecule has 0 aliphatic carbocycles. The molecule has 20 heavy (non-hydrogen) atoms. The molecule has 1 fully saturated rings. The average Bonchev–Trinajstić information content (AvgIpc) is 2.62. The Kier molecular flexibility index (Phi) is 5.62. The summed E-state index contributed by atoms with van der Waals surface area (Å²) in [5, 5.41) is 3.76. The van der Waals surface area contributed by atoms with Gasteiger partial charge in [-0.1, -0.05) is 44.2 Å². The van der Waals surface area contributed by atoms with Gasteiger partial charge in [-0.3, -0.25) is 0 Å². The van der Waals surface area contributed by atoms with Crippen molar-refractivity contribution >= 4 is 0 Å². The third-order valence-electron chi connectivity index (χ3n) is 4.37. The molecule has 0 aromatic heterocycles. The third kappa shape index (κ3) is 4.32. The lowest BCUT2D eigenvalue weighted by atomic mass is 9.91. The molecule has 1 aromatic rings. The van der Waals surface area contributed by atoms with Crippen molar-refractivity contribution in [2.24, 2.45) is 5.92 Å². The van der Waals surface area contributed by atoms with Gasteiger partial charge in [0.1, 0.15) is 0 Å². The molecule has 1 aliphatic heterocycles. The fourth-order valence-electron chi connectivity index (χ4n) is 3.16. The molecule has 1 unspecified atom stereocenters. The Balaban J connectivity index is 1.99. The van der Waals surface area contributed by atoms with Crippen molar-refractivity contribution in [2.45, 2.75) is 45.6 Å². The minimum Gasteiger partial charge on any atom is -0.307 e. The van der Waals surface area contributed by atoms with Gasteiger partial charge in [-0.15, -0.1) is 0 Å². The predicted molar refractivity (Wildman–Crippen MR) is 86.9 cm³/mol. The van der Waals surface area contributed by atoms with Crippen molar-refractivity contribution in [3.05, 3.63) is 35.9 Å². The van der Waals surface area contributed by atoms with Gasteiger partial charge in [0.15, 0.2) is 0 Å². The lowest BCUT2D eigenvalue weighted by Crippen LogP contribution is -2.46. The average molecular weight is 274 g/mol. The van der Waals surface area contributed by atoms with Gasteiger partial charge in [-0.2, -0.15) is 0 Å². The summed E-state index contributed by atoms with van der Waals surface area (Å²) in [5.41, 5.74) is 1.51. The van der Waals surface area contributed by atoms with E-state index in [4.69, 9.17) is 0 Å². The second kappa shape index (κ2) is 7.24. The van der Waals surface area contributed by atoms with E-state index in [2.05, 4.69) is 61.3 Å². The zero-order chi connectivity index (χ0) is 14.4. The molecule has 2 nitrogen and oxygen atoms in total. The fourth-order valence-corrected chi connectivity index (χ4v) is 3.16. The maximum absolute atomic E-state index is 3.76. The Morgan fingerprint density at radius 1 is 1.25 bits per heavy atom. The van der Waals surface area contributed by atoms with E-state index in [-0.39, 0.29) is 5.54 Å². The van der Waals surface area contributed by atoms with Crippen LogP contribution in [0.2, 0.25) is 0 Å². The summed E-state index contributed by atoms with van der Waals surface area (Å²) in [6.07, 6.45) is 3.92. The first-order valence-corrected chi connectivity index (χ1v) is 8.13. The highest BCUT2D eigenvalue weighted by molar-refractivity contribution is 5.24. The van der Waals surface area contributed by atoms with Crippen LogP contribution in [0.15, 0.2) is 30.3 Å². The molecule has 2 rings (SSSR count). The highest BCUT2D eigenvalue weighted by Gasteiger charge is 2.30. The van der Waals surface area contributed by atoms with Crippen LogP contribution in [0.3, 0.4) is 0 Å². The largest absolute Gasteiger partial charge is 0.307 e.